The zero-order chi connectivity index (χ0) is 25.5. The van der Waals surface area contributed by atoms with Gasteiger partial charge >= 0.3 is 0 Å². The average molecular weight is 549 g/mol. The number of nitrogens with zero attached hydrogens (tertiary/aromatic N) is 1. The molecule has 178 valence electrons. The number of benzene rings is 3. The number of amides is 2. The van der Waals surface area contributed by atoms with E-state index in [0.717, 1.165) is 5.56 Å². The van der Waals surface area contributed by atoms with Gasteiger partial charge < -0.3 is 15.4 Å². The summed E-state index contributed by atoms with van der Waals surface area (Å²) >= 11 is 24.4. The van der Waals surface area contributed by atoms with Gasteiger partial charge in [0.2, 0.25) is 0 Å². The van der Waals surface area contributed by atoms with E-state index in [1.165, 1.54) is 24.3 Å². The number of rotatable bonds is 7. The number of carbonyl (C=O) groups excluding carboxylic acids is 2. The van der Waals surface area contributed by atoms with Crippen LogP contribution in [-0.4, -0.2) is 18.4 Å². The highest BCUT2D eigenvalue weighted by molar-refractivity contribution is 6.42. The predicted octanol–water partition coefficient (Wildman–Crippen LogP) is 7.17. The van der Waals surface area contributed by atoms with Crippen molar-refractivity contribution in [2.45, 2.75) is 6.92 Å². The smallest absolute Gasteiger partial charge is 0.266 e. The van der Waals surface area contributed by atoms with Crippen molar-refractivity contribution >= 4 is 75.7 Å². The number of carbonyl (C=O) groups is 2. The highest BCUT2D eigenvalue weighted by atomic mass is 35.5. The van der Waals surface area contributed by atoms with Crippen LogP contribution in [0.15, 0.2) is 60.2 Å². The van der Waals surface area contributed by atoms with Crippen molar-refractivity contribution in [3.63, 3.8) is 0 Å². The molecule has 0 atom stereocenters. The number of anilines is 2. The van der Waals surface area contributed by atoms with Crippen molar-refractivity contribution in [2.75, 3.05) is 17.2 Å². The van der Waals surface area contributed by atoms with Gasteiger partial charge in [-0.15, -0.1) is 0 Å². The summed E-state index contributed by atoms with van der Waals surface area (Å²) in [7, 11) is 0. The molecule has 0 aliphatic heterocycles. The summed E-state index contributed by atoms with van der Waals surface area (Å²) in [6.07, 6.45) is 1.35. The van der Waals surface area contributed by atoms with Crippen LogP contribution >= 0.6 is 46.4 Å². The summed E-state index contributed by atoms with van der Waals surface area (Å²) in [5, 5.41) is 15.6. The molecule has 0 unspecified atom stereocenters. The fourth-order valence-electron chi connectivity index (χ4n) is 2.93. The van der Waals surface area contributed by atoms with Crippen LogP contribution in [0.25, 0.3) is 6.08 Å². The first-order chi connectivity index (χ1) is 16.7. The van der Waals surface area contributed by atoms with E-state index in [1.54, 1.807) is 24.3 Å². The fourth-order valence-corrected chi connectivity index (χ4v) is 3.84. The number of halogens is 4. The van der Waals surface area contributed by atoms with E-state index in [2.05, 4.69) is 10.6 Å². The topological polar surface area (TPSA) is 91.2 Å². The molecule has 0 aliphatic rings. The van der Waals surface area contributed by atoms with E-state index in [-0.39, 0.29) is 28.0 Å². The molecule has 0 saturated heterocycles. The number of hydrogen-bond donors (Lipinski definition) is 2. The predicted molar refractivity (Wildman–Crippen MR) is 140 cm³/mol. The first kappa shape index (κ1) is 26.4. The molecule has 35 heavy (non-hydrogen) atoms. The summed E-state index contributed by atoms with van der Waals surface area (Å²) in [5.74, 6) is -0.967. The molecule has 3 aromatic carbocycles. The Morgan fingerprint density at radius 1 is 0.943 bits per heavy atom. The zero-order valence-electron chi connectivity index (χ0n) is 18.2. The van der Waals surface area contributed by atoms with Gasteiger partial charge in [-0.25, -0.2) is 0 Å². The summed E-state index contributed by atoms with van der Waals surface area (Å²) < 4.78 is 5.48. The van der Waals surface area contributed by atoms with E-state index >= 15 is 0 Å². The van der Waals surface area contributed by atoms with Gasteiger partial charge in [0.1, 0.15) is 11.6 Å². The second-order valence-corrected chi connectivity index (χ2v) is 8.85. The molecule has 2 amide bonds. The molecule has 0 saturated carbocycles. The minimum absolute atomic E-state index is 0.0811. The number of ether oxygens (including phenoxy) is 1. The molecular weight excluding hydrogens is 532 g/mol. The third kappa shape index (κ3) is 7.14. The molecular formula is C25H17Cl4N3O3. The SMILES string of the molecule is Cc1ccccc1NC(=O)/C(C#N)=C\c1cc(Cl)c(OCC(=O)Nc2ccc(Cl)c(Cl)c2)c(Cl)c1. The third-order valence-electron chi connectivity index (χ3n) is 4.64. The van der Waals surface area contributed by atoms with Crippen molar-refractivity contribution in [3.8, 4) is 11.8 Å². The van der Waals surface area contributed by atoms with Crippen LogP contribution in [0, 0.1) is 18.3 Å². The highest BCUT2D eigenvalue weighted by Crippen LogP contribution is 2.35. The van der Waals surface area contributed by atoms with Crippen LogP contribution in [0.3, 0.4) is 0 Å². The first-order valence-corrected chi connectivity index (χ1v) is 11.5. The molecule has 3 rings (SSSR count). The molecule has 2 N–H and O–H groups in total. The number of nitriles is 1. The van der Waals surface area contributed by atoms with Crippen LogP contribution in [0.4, 0.5) is 11.4 Å². The lowest BCUT2D eigenvalue weighted by atomic mass is 10.1. The second kappa shape index (κ2) is 12.0. The number of para-hydroxylation sites is 1. The molecule has 0 fully saturated rings. The Hall–Kier alpha value is -3.21. The largest absolute Gasteiger partial charge is 0.481 e. The van der Waals surface area contributed by atoms with Crippen LogP contribution in [-0.2, 0) is 9.59 Å². The van der Waals surface area contributed by atoms with E-state index in [0.29, 0.717) is 27.0 Å². The molecule has 6 nitrogen and oxygen atoms in total. The molecule has 0 spiro atoms. The Labute approximate surface area is 222 Å². The molecule has 10 heteroatoms. The maximum absolute atomic E-state index is 12.6. The summed E-state index contributed by atoms with van der Waals surface area (Å²) in [6.45, 7) is 1.46. The molecule has 0 heterocycles. The van der Waals surface area contributed by atoms with Gasteiger partial charge in [0.05, 0.1) is 20.1 Å². The summed E-state index contributed by atoms with van der Waals surface area (Å²) in [6, 6.07) is 16.7. The fraction of sp³-hybridized carbons (Fsp3) is 0.0800. The van der Waals surface area contributed by atoms with Crippen molar-refractivity contribution in [2.24, 2.45) is 0 Å². The normalized spacial score (nSPS) is 10.9. The lowest BCUT2D eigenvalue weighted by Gasteiger charge is -2.12. The maximum atomic E-state index is 12.6. The summed E-state index contributed by atoms with van der Waals surface area (Å²) in [4.78, 5) is 24.8. The minimum atomic E-state index is -0.576. The quantitative estimate of drug-likeness (QED) is 0.242. The van der Waals surface area contributed by atoms with Crippen molar-refractivity contribution in [1.82, 2.24) is 0 Å². The van der Waals surface area contributed by atoms with Crippen molar-refractivity contribution in [3.05, 3.63) is 91.4 Å². The van der Waals surface area contributed by atoms with Crippen LogP contribution in [0.2, 0.25) is 20.1 Å². The van der Waals surface area contributed by atoms with Crippen LogP contribution in [0.5, 0.6) is 5.75 Å². The van der Waals surface area contributed by atoms with Gasteiger partial charge in [-0.05, 0) is 60.5 Å². The van der Waals surface area contributed by atoms with Gasteiger partial charge in [-0.2, -0.15) is 5.26 Å². The van der Waals surface area contributed by atoms with Gasteiger partial charge in [0, 0.05) is 11.4 Å². The average Bonchev–Trinajstić information content (AvgIpc) is 2.80. The first-order valence-electron chi connectivity index (χ1n) is 10.0. The Bertz CT molecular complexity index is 1340. The van der Waals surface area contributed by atoms with E-state index < -0.39 is 11.8 Å². The monoisotopic (exact) mass is 547 g/mol. The minimum Gasteiger partial charge on any atom is -0.481 e. The Morgan fingerprint density at radius 3 is 2.26 bits per heavy atom. The zero-order valence-corrected chi connectivity index (χ0v) is 21.2. The Morgan fingerprint density at radius 2 is 1.63 bits per heavy atom. The standard InChI is InChI=1S/C25H17Cl4N3O3/c1-14-4-2-3-5-22(14)32-25(34)16(12-30)8-15-9-20(28)24(21(29)10-15)35-13-23(33)31-17-6-7-18(26)19(27)11-17/h2-11H,13H2,1H3,(H,31,33)(H,32,34)/b16-8-. The Balaban J connectivity index is 1.70. The van der Waals surface area contributed by atoms with E-state index in [1.807, 2.05) is 25.1 Å². The molecule has 0 bridgehead atoms. The number of aryl methyl sites for hydroxylation is 1. The number of nitrogens with one attached hydrogen (secondary N) is 2. The van der Waals surface area contributed by atoms with Gasteiger partial charge in [-0.1, -0.05) is 64.6 Å². The van der Waals surface area contributed by atoms with E-state index in [9.17, 15) is 14.9 Å². The molecule has 0 aliphatic carbocycles. The van der Waals surface area contributed by atoms with Crippen LogP contribution in [0.1, 0.15) is 11.1 Å². The highest BCUT2D eigenvalue weighted by Gasteiger charge is 2.15. The van der Waals surface area contributed by atoms with Gasteiger partial charge in [-0.3, -0.25) is 9.59 Å². The third-order valence-corrected chi connectivity index (χ3v) is 5.94. The Kier molecular flexibility index (Phi) is 9.02. The lowest BCUT2D eigenvalue weighted by Crippen LogP contribution is -2.20. The second-order valence-electron chi connectivity index (χ2n) is 7.22. The molecule has 0 radical (unpaired) electrons. The summed E-state index contributed by atoms with van der Waals surface area (Å²) in [5.41, 5.74) is 2.16. The van der Waals surface area contributed by atoms with Crippen molar-refractivity contribution in [1.29, 1.82) is 5.26 Å². The van der Waals surface area contributed by atoms with Crippen molar-refractivity contribution < 1.29 is 14.3 Å². The molecule has 0 aromatic heterocycles. The molecule has 3 aromatic rings. The lowest BCUT2D eigenvalue weighted by molar-refractivity contribution is -0.118. The number of hydrogen-bond acceptors (Lipinski definition) is 4. The van der Waals surface area contributed by atoms with Gasteiger partial charge in [0.15, 0.2) is 12.4 Å². The van der Waals surface area contributed by atoms with E-state index in [4.69, 9.17) is 51.1 Å². The van der Waals surface area contributed by atoms with Crippen LogP contribution < -0.4 is 15.4 Å². The van der Waals surface area contributed by atoms with Gasteiger partial charge in [0.25, 0.3) is 11.8 Å². The maximum Gasteiger partial charge on any atom is 0.266 e.